The minimum atomic E-state index is -3.69. The van der Waals surface area contributed by atoms with Gasteiger partial charge in [0.2, 0.25) is 10.0 Å². The number of nitrogens with zero attached hydrogens (tertiary/aromatic N) is 1. The number of sulfonamides is 1. The van der Waals surface area contributed by atoms with Crippen LogP contribution in [0, 0.1) is 0 Å². The summed E-state index contributed by atoms with van der Waals surface area (Å²) in [6.07, 6.45) is -0.178. The van der Waals surface area contributed by atoms with Crippen LogP contribution in [0.1, 0.15) is 13.8 Å². The van der Waals surface area contributed by atoms with E-state index in [-0.39, 0.29) is 17.0 Å². The Morgan fingerprint density at radius 2 is 1.79 bits per heavy atom. The lowest BCUT2D eigenvalue weighted by molar-refractivity contribution is 0.0920. The van der Waals surface area contributed by atoms with E-state index in [4.69, 9.17) is 14.2 Å². The van der Waals surface area contributed by atoms with E-state index in [2.05, 4.69) is 23.5 Å². The van der Waals surface area contributed by atoms with Crippen LogP contribution in [-0.4, -0.2) is 65.9 Å². The third kappa shape index (κ3) is 4.00. The van der Waals surface area contributed by atoms with Crippen molar-refractivity contribution in [3.63, 3.8) is 0 Å². The van der Waals surface area contributed by atoms with Gasteiger partial charge in [-0.15, -0.1) is 0 Å². The van der Waals surface area contributed by atoms with Gasteiger partial charge in [-0.05, 0) is 26.0 Å². The van der Waals surface area contributed by atoms with Crippen molar-refractivity contribution >= 4 is 10.0 Å². The van der Waals surface area contributed by atoms with Crippen molar-refractivity contribution in [1.82, 2.24) is 9.62 Å². The number of methoxy groups -OCH3 is 3. The van der Waals surface area contributed by atoms with Crippen LogP contribution in [0.3, 0.4) is 0 Å². The normalized spacial score (nSPS) is 22.1. The Bertz CT molecular complexity index is 662. The highest BCUT2D eigenvalue weighted by molar-refractivity contribution is 7.89. The molecule has 0 aliphatic carbocycles. The molecule has 0 unspecified atom stereocenters. The zero-order chi connectivity index (χ0) is 17.9. The fourth-order valence-corrected chi connectivity index (χ4v) is 4.10. The Balaban J connectivity index is 2.22. The zero-order valence-corrected chi connectivity index (χ0v) is 15.6. The maximum absolute atomic E-state index is 12.7. The number of likely N-dealkylation sites (tertiary alicyclic amines) is 1. The van der Waals surface area contributed by atoms with Gasteiger partial charge in [0.1, 0.15) is 0 Å². The molecule has 1 aliphatic heterocycles. The Hall–Kier alpha value is -1.35. The van der Waals surface area contributed by atoms with Crippen molar-refractivity contribution in [2.75, 3.05) is 34.4 Å². The number of benzene rings is 1. The van der Waals surface area contributed by atoms with Crippen molar-refractivity contribution in [2.45, 2.75) is 36.9 Å². The average molecular weight is 358 g/mol. The second-order valence-electron chi connectivity index (χ2n) is 6.07. The van der Waals surface area contributed by atoms with Gasteiger partial charge in [0.05, 0.1) is 31.3 Å². The predicted octanol–water partition coefficient (Wildman–Crippen LogP) is 1.09. The van der Waals surface area contributed by atoms with Crippen LogP contribution in [0.15, 0.2) is 23.1 Å². The smallest absolute Gasteiger partial charge is 0.241 e. The molecular formula is C16H26N2O5S. The third-order valence-electron chi connectivity index (χ3n) is 4.30. The summed E-state index contributed by atoms with van der Waals surface area (Å²) in [5.41, 5.74) is 0. The summed E-state index contributed by atoms with van der Waals surface area (Å²) in [6.45, 7) is 5.48. The van der Waals surface area contributed by atoms with E-state index in [1.165, 1.54) is 26.4 Å². The van der Waals surface area contributed by atoms with E-state index in [0.717, 1.165) is 0 Å². The quantitative estimate of drug-likeness (QED) is 0.786. The molecule has 1 aromatic carbocycles. The van der Waals surface area contributed by atoms with Crippen LogP contribution in [0.2, 0.25) is 0 Å². The van der Waals surface area contributed by atoms with Gasteiger partial charge in [-0.3, -0.25) is 4.90 Å². The van der Waals surface area contributed by atoms with E-state index in [9.17, 15) is 8.42 Å². The second-order valence-corrected chi connectivity index (χ2v) is 7.78. The Morgan fingerprint density at radius 3 is 2.33 bits per heavy atom. The van der Waals surface area contributed by atoms with E-state index < -0.39 is 10.0 Å². The van der Waals surface area contributed by atoms with Crippen LogP contribution in [0.4, 0.5) is 0 Å². The first-order valence-electron chi connectivity index (χ1n) is 7.83. The fourth-order valence-electron chi connectivity index (χ4n) is 2.83. The van der Waals surface area contributed by atoms with E-state index >= 15 is 0 Å². The standard InChI is InChI=1S/C16H26N2O5S/c1-11(2)18-9-13(16(10-18)23-5)17-24(19,20)12-6-7-14(21-3)15(8-12)22-4/h6-8,11,13,16-17H,9-10H2,1-5H3/t13-,16-/m0/s1. The summed E-state index contributed by atoms with van der Waals surface area (Å²) in [5, 5.41) is 0. The lowest BCUT2D eigenvalue weighted by Gasteiger charge is -2.20. The van der Waals surface area contributed by atoms with Crippen molar-refractivity contribution in [3.8, 4) is 11.5 Å². The topological polar surface area (TPSA) is 77.1 Å². The van der Waals surface area contributed by atoms with Crippen LogP contribution in [-0.2, 0) is 14.8 Å². The molecule has 1 N–H and O–H groups in total. The van der Waals surface area contributed by atoms with Gasteiger partial charge >= 0.3 is 0 Å². The van der Waals surface area contributed by atoms with Gasteiger partial charge in [0.25, 0.3) is 0 Å². The summed E-state index contributed by atoms with van der Waals surface area (Å²) in [4.78, 5) is 2.33. The molecule has 0 bridgehead atoms. The van der Waals surface area contributed by atoms with Crippen LogP contribution in [0.25, 0.3) is 0 Å². The Morgan fingerprint density at radius 1 is 1.12 bits per heavy atom. The predicted molar refractivity (Wildman–Crippen MR) is 91.2 cm³/mol. The molecule has 7 nitrogen and oxygen atoms in total. The summed E-state index contributed by atoms with van der Waals surface area (Å²) in [5.74, 6) is 0.858. The minimum absolute atomic E-state index is 0.137. The van der Waals surface area contributed by atoms with Crippen molar-refractivity contribution in [2.24, 2.45) is 0 Å². The lowest BCUT2D eigenvalue weighted by Crippen LogP contribution is -2.43. The zero-order valence-electron chi connectivity index (χ0n) is 14.8. The largest absolute Gasteiger partial charge is 0.493 e. The lowest BCUT2D eigenvalue weighted by atomic mass is 10.2. The number of nitrogens with one attached hydrogen (secondary N) is 1. The summed E-state index contributed by atoms with van der Waals surface area (Å²) < 4.78 is 44.0. The van der Waals surface area contributed by atoms with E-state index in [0.29, 0.717) is 30.6 Å². The number of hydrogen-bond donors (Lipinski definition) is 1. The Kier molecular flexibility index (Phi) is 6.08. The molecule has 0 spiro atoms. The fraction of sp³-hybridized carbons (Fsp3) is 0.625. The summed E-state index contributed by atoms with van der Waals surface area (Å²) in [7, 11) is 0.897. The van der Waals surface area contributed by atoms with Crippen molar-refractivity contribution < 1.29 is 22.6 Å². The van der Waals surface area contributed by atoms with Crippen molar-refractivity contribution in [1.29, 1.82) is 0 Å². The molecule has 2 rings (SSSR count). The van der Waals surface area contributed by atoms with Gasteiger partial charge in [0, 0.05) is 32.3 Å². The molecule has 0 aromatic heterocycles. The number of hydrogen-bond acceptors (Lipinski definition) is 6. The molecule has 1 heterocycles. The van der Waals surface area contributed by atoms with Gasteiger partial charge in [0.15, 0.2) is 11.5 Å². The third-order valence-corrected chi connectivity index (χ3v) is 5.79. The number of ether oxygens (including phenoxy) is 3. The van der Waals surface area contributed by atoms with E-state index in [1.54, 1.807) is 13.2 Å². The SMILES string of the molecule is COc1ccc(S(=O)(=O)N[C@H]2CN(C(C)C)C[C@@H]2OC)cc1OC. The minimum Gasteiger partial charge on any atom is -0.493 e. The molecule has 0 amide bonds. The highest BCUT2D eigenvalue weighted by Crippen LogP contribution is 2.29. The monoisotopic (exact) mass is 358 g/mol. The first-order chi connectivity index (χ1) is 11.3. The van der Waals surface area contributed by atoms with Crippen LogP contribution < -0.4 is 14.2 Å². The van der Waals surface area contributed by atoms with Crippen molar-refractivity contribution in [3.05, 3.63) is 18.2 Å². The average Bonchev–Trinajstić information content (AvgIpc) is 2.96. The summed E-state index contributed by atoms with van der Waals surface area (Å²) in [6, 6.07) is 4.57. The van der Waals surface area contributed by atoms with Gasteiger partial charge < -0.3 is 14.2 Å². The van der Waals surface area contributed by atoms with Gasteiger partial charge in [-0.2, -0.15) is 0 Å². The number of rotatable bonds is 7. The van der Waals surface area contributed by atoms with Gasteiger partial charge in [-0.25, -0.2) is 13.1 Å². The molecule has 1 saturated heterocycles. The molecule has 1 fully saturated rings. The highest BCUT2D eigenvalue weighted by Gasteiger charge is 2.36. The molecule has 1 aromatic rings. The first kappa shape index (κ1) is 19.0. The molecule has 2 atom stereocenters. The summed E-state index contributed by atoms with van der Waals surface area (Å²) >= 11 is 0. The molecular weight excluding hydrogens is 332 g/mol. The van der Waals surface area contributed by atoms with Gasteiger partial charge in [-0.1, -0.05) is 0 Å². The van der Waals surface area contributed by atoms with Crippen LogP contribution >= 0.6 is 0 Å². The molecule has 8 heteroatoms. The molecule has 0 radical (unpaired) electrons. The Labute approximate surface area is 143 Å². The maximum Gasteiger partial charge on any atom is 0.241 e. The van der Waals surface area contributed by atoms with E-state index in [1.807, 2.05) is 0 Å². The molecule has 136 valence electrons. The maximum atomic E-state index is 12.7. The second kappa shape index (κ2) is 7.69. The van der Waals surface area contributed by atoms with Crippen LogP contribution in [0.5, 0.6) is 11.5 Å². The molecule has 0 saturated carbocycles. The highest BCUT2D eigenvalue weighted by atomic mass is 32.2. The first-order valence-corrected chi connectivity index (χ1v) is 9.32. The molecule has 1 aliphatic rings. The molecule has 24 heavy (non-hydrogen) atoms.